The molecule has 1 aliphatic heterocycles. The maximum Gasteiger partial charge on any atom is 0.128 e. The molecule has 0 saturated heterocycles. The zero-order valence-electron chi connectivity index (χ0n) is 13.1. The van der Waals surface area contributed by atoms with Gasteiger partial charge in [-0.3, -0.25) is 4.90 Å². The third-order valence-corrected chi connectivity index (χ3v) is 4.13. The highest BCUT2D eigenvalue weighted by molar-refractivity contribution is 5.22. The highest BCUT2D eigenvalue weighted by Gasteiger charge is 2.19. The lowest BCUT2D eigenvalue weighted by molar-refractivity contribution is 0.222. The lowest BCUT2D eigenvalue weighted by Crippen LogP contribution is -2.31. The number of nitrogens with zero attached hydrogens (tertiary/aromatic N) is 3. The Kier molecular flexibility index (Phi) is 4.06. The van der Waals surface area contributed by atoms with E-state index < -0.39 is 0 Å². The molecule has 1 aliphatic rings. The molecular formula is C17H23N3O. The first-order valence-corrected chi connectivity index (χ1v) is 7.77. The first-order chi connectivity index (χ1) is 10.2. The van der Waals surface area contributed by atoms with Gasteiger partial charge in [-0.25, -0.2) is 9.97 Å². The van der Waals surface area contributed by atoms with E-state index in [2.05, 4.69) is 29.8 Å². The molecular weight excluding hydrogens is 262 g/mol. The molecule has 2 aromatic rings. The van der Waals surface area contributed by atoms with Crippen LogP contribution in [0.4, 0.5) is 0 Å². The molecule has 0 fully saturated rings. The van der Waals surface area contributed by atoms with Crippen LogP contribution in [0.15, 0.2) is 16.7 Å². The number of hydrogen-bond donors (Lipinski definition) is 0. The van der Waals surface area contributed by atoms with Crippen molar-refractivity contribution < 1.29 is 4.42 Å². The van der Waals surface area contributed by atoms with Gasteiger partial charge in [-0.2, -0.15) is 0 Å². The molecule has 4 nitrogen and oxygen atoms in total. The summed E-state index contributed by atoms with van der Waals surface area (Å²) in [5.74, 6) is 3.06. The van der Waals surface area contributed by atoms with Crippen molar-refractivity contribution in [1.82, 2.24) is 14.9 Å². The van der Waals surface area contributed by atoms with Crippen molar-refractivity contribution in [3.8, 4) is 0 Å². The molecule has 0 bridgehead atoms. The molecule has 0 amide bonds. The zero-order chi connectivity index (χ0) is 14.8. The quantitative estimate of drug-likeness (QED) is 0.865. The summed E-state index contributed by atoms with van der Waals surface area (Å²) in [5, 5.41) is 0. The number of fused-ring (bicyclic) bond motifs is 1. The van der Waals surface area contributed by atoms with E-state index in [9.17, 15) is 0 Å². The van der Waals surface area contributed by atoms with Gasteiger partial charge in [0.2, 0.25) is 0 Å². The first-order valence-electron chi connectivity index (χ1n) is 7.77. The Bertz CT molecular complexity index is 613. The molecule has 3 heterocycles. The molecule has 0 atom stereocenters. The first kappa shape index (κ1) is 14.3. The number of rotatable bonds is 4. The number of furan rings is 1. The molecule has 21 heavy (non-hydrogen) atoms. The van der Waals surface area contributed by atoms with Crippen LogP contribution in [0.5, 0.6) is 0 Å². The SMILES string of the molecule is CCCc1ncc2c(n1)CCN(Cc1cc(C)c(C)o1)C2. The van der Waals surface area contributed by atoms with Gasteiger partial charge in [0.05, 0.1) is 6.54 Å². The highest BCUT2D eigenvalue weighted by atomic mass is 16.3. The minimum absolute atomic E-state index is 0.866. The van der Waals surface area contributed by atoms with Crippen LogP contribution in [0.3, 0.4) is 0 Å². The molecule has 0 spiro atoms. The highest BCUT2D eigenvalue weighted by Crippen LogP contribution is 2.21. The Morgan fingerprint density at radius 1 is 1.33 bits per heavy atom. The summed E-state index contributed by atoms with van der Waals surface area (Å²) in [6.45, 7) is 9.10. The second-order valence-electron chi connectivity index (χ2n) is 5.92. The van der Waals surface area contributed by atoms with Gasteiger partial charge in [0.25, 0.3) is 0 Å². The lowest BCUT2D eigenvalue weighted by atomic mass is 10.1. The lowest BCUT2D eigenvalue weighted by Gasteiger charge is -2.27. The van der Waals surface area contributed by atoms with Crippen molar-refractivity contribution in [3.05, 3.63) is 46.4 Å². The van der Waals surface area contributed by atoms with Gasteiger partial charge in [0.1, 0.15) is 17.3 Å². The Morgan fingerprint density at radius 3 is 2.90 bits per heavy atom. The van der Waals surface area contributed by atoms with Crippen molar-refractivity contribution in [2.75, 3.05) is 6.54 Å². The van der Waals surface area contributed by atoms with Crippen LogP contribution < -0.4 is 0 Å². The molecule has 0 aliphatic carbocycles. The fourth-order valence-electron chi connectivity index (χ4n) is 2.84. The van der Waals surface area contributed by atoms with Crippen LogP contribution in [0.1, 0.15) is 47.5 Å². The second-order valence-corrected chi connectivity index (χ2v) is 5.92. The van der Waals surface area contributed by atoms with E-state index in [0.717, 1.165) is 56.2 Å². The number of hydrogen-bond acceptors (Lipinski definition) is 4. The molecule has 0 unspecified atom stereocenters. The largest absolute Gasteiger partial charge is 0.465 e. The van der Waals surface area contributed by atoms with Crippen molar-refractivity contribution in [3.63, 3.8) is 0 Å². The van der Waals surface area contributed by atoms with E-state index in [1.165, 1.54) is 16.8 Å². The molecule has 3 rings (SSSR count). The summed E-state index contributed by atoms with van der Waals surface area (Å²) in [4.78, 5) is 11.6. The molecule has 2 aromatic heterocycles. The Hall–Kier alpha value is -1.68. The Balaban J connectivity index is 1.69. The predicted octanol–water partition coefficient (Wildman–Crippen LogP) is 3.20. The Labute approximate surface area is 126 Å². The van der Waals surface area contributed by atoms with Crippen LogP contribution in [-0.2, 0) is 25.9 Å². The van der Waals surface area contributed by atoms with Gasteiger partial charge in [0, 0.05) is 43.4 Å². The van der Waals surface area contributed by atoms with Gasteiger partial charge in [-0.1, -0.05) is 6.92 Å². The molecule has 0 saturated carbocycles. The fraction of sp³-hybridized carbons (Fsp3) is 0.529. The van der Waals surface area contributed by atoms with Crippen molar-refractivity contribution in [2.45, 2.75) is 53.1 Å². The summed E-state index contributed by atoms with van der Waals surface area (Å²) in [6.07, 6.45) is 5.09. The average molecular weight is 285 g/mol. The summed E-state index contributed by atoms with van der Waals surface area (Å²) in [6, 6.07) is 2.14. The zero-order valence-corrected chi connectivity index (χ0v) is 13.1. The van der Waals surface area contributed by atoms with Gasteiger partial charge >= 0.3 is 0 Å². The van der Waals surface area contributed by atoms with Gasteiger partial charge in [0.15, 0.2) is 0 Å². The third kappa shape index (κ3) is 3.16. The maximum absolute atomic E-state index is 5.78. The minimum Gasteiger partial charge on any atom is -0.465 e. The van der Waals surface area contributed by atoms with Crippen LogP contribution in [0.2, 0.25) is 0 Å². The average Bonchev–Trinajstić information content (AvgIpc) is 2.78. The number of aromatic nitrogens is 2. The standard InChI is InChI=1S/C17H23N3O/c1-4-5-17-18-9-14-10-20(7-6-16(14)19-17)11-15-8-12(2)13(3)21-15/h8-9H,4-7,10-11H2,1-3H3. The maximum atomic E-state index is 5.78. The van der Waals surface area contributed by atoms with E-state index in [-0.39, 0.29) is 0 Å². The van der Waals surface area contributed by atoms with Crippen LogP contribution in [-0.4, -0.2) is 21.4 Å². The van der Waals surface area contributed by atoms with Crippen LogP contribution in [0, 0.1) is 13.8 Å². The summed E-state index contributed by atoms with van der Waals surface area (Å²) in [5.41, 5.74) is 3.73. The van der Waals surface area contributed by atoms with E-state index in [4.69, 9.17) is 9.40 Å². The molecule has 0 radical (unpaired) electrons. The van der Waals surface area contributed by atoms with Gasteiger partial charge in [-0.05, 0) is 31.9 Å². The predicted molar refractivity (Wildman–Crippen MR) is 82.0 cm³/mol. The second kappa shape index (κ2) is 5.98. The normalized spacial score (nSPS) is 15.2. The van der Waals surface area contributed by atoms with Crippen LogP contribution in [0.25, 0.3) is 0 Å². The fourth-order valence-corrected chi connectivity index (χ4v) is 2.84. The summed E-state index contributed by atoms with van der Waals surface area (Å²) in [7, 11) is 0. The molecule has 112 valence electrons. The molecule has 0 N–H and O–H groups in total. The molecule has 4 heteroatoms. The van der Waals surface area contributed by atoms with Crippen molar-refractivity contribution in [2.24, 2.45) is 0 Å². The Morgan fingerprint density at radius 2 is 2.19 bits per heavy atom. The van der Waals surface area contributed by atoms with E-state index in [1.807, 2.05) is 13.1 Å². The van der Waals surface area contributed by atoms with E-state index in [0.29, 0.717) is 0 Å². The summed E-state index contributed by atoms with van der Waals surface area (Å²) >= 11 is 0. The van der Waals surface area contributed by atoms with Gasteiger partial charge in [-0.15, -0.1) is 0 Å². The summed E-state index contributed by atoms with van der Waals surface area (Å²) < 4.78 is 5.78. The van der Waals surface area contributed by atoms with Crippen molar-refractivity contribution in [1.29, 1.82) is 0 Å². The van der Waals surface area contributed by atoms with Crippen molar-refractivity contribution >= 4 is 0 Å². The third-order valence-electron chi connectivity index (χ3n) is 4.13. The van der Waals surface area contributed by atoms with Crippen LogP contribution >= 0.6 is 0 Å². The number of aryl methyl sites for hydroxylation is 3. The van der Waals surface area contributed by atoms with E-state index >= 15 is 0 Å². The minimum atomic E-state index is 0.866. The molecule has 0 aromatic carbocycles. The monoisotopic (exact) mass is 285 g/mol. The van der Waals surface area contributed by atoms with Gasteiger partial charge < -0.3 is 4.42 Å². The smallest absolute Gasteiger partial charge is 0.128 e. The topological polar surface area (TPSA) is 42.2 Å². The van der Waals surface area contributed by atoms with E-state index in [1.54, 1.807) is 0 Å².